The Morgan fingerprint density at radius 1 is 1.38 bits per heavy atom. The van der Waals surface area contributed by atoms with Gasteiger partial charge in [0.25, 0.3) is 0 Å². The molecule has 0 saturated heterocycles. The van der Waals surface area contributed by atoms with Crippen LogP contribution < -0.4 is 10.6 Å². The van der Waals surface area contributed by atoms with Gasteiger partial charge in [0.1, 0.15) is 0 Å². The van der Waals surface area contributed by atoms with Crippen LogP contribution in [0.25, 0.3) is 0 Å². The van der Waals surface area contributed by atoms with Crippen molar-refractivity contribution in [1.29, 1.82) is 0 Å². The Kier molecular flexibility index (Phi) is 5.98. The highest BCUT2D eigenvalue weighted by molar-refractivity contribution is 7.99. The second-order valence-electron chi connectivity index (χ2n) is 3.80. The van der Waals surface area contributed by atoms with Gasteiger partial charge < -0.3 is 10.6 Å². The summed E-state index contributed by atoms with van der Waals surface area (Å²) >= 11 is 7.46. The van der Waals surface area contributed by atoms with Gasteiger partial charge in [-0.15, -0.1) is 11.6 Å². The number of hydrogen-bond donors (Lipinski definition) is 2. The van der Waals surface area contributed by atoms with E-state index < -0.39 is 0 Å². The van der Waals surface area contributed by atoms with Gasteiger partial charge in [-0.05, 0) is 19.1 Å². The maximum absolute atomic E-state index is 11.6. The van der Waals surface area contributed by atoms with Crippen molar-refractivity contribution < 1.29 is 9.59 Å². The maximum Gasteiger partial charge on any atom is 0.231 e. The largest absolute Gasteiger partial charge is 0.338 e. The molecular formula is C10H17ClN2O2S. The topological polar surface area (TPSA) is 58.2 Å². The molecule has 1 aliphatic rings. The molecular weight excluding hydrogens is 248 g/mol. The first kappa shape index (κ1) is 13.6. The second-order valence-corrected chi connectivity index (χ2v) is 5.23. The molecule has 0 aromatic carbocycles. The highest BCUT2D eigenvalue weighted by atomic mass is 35.5. The Morgan fingerprint density at radius 3 is 2.69 bits per heavy atom. The van der Waals surface area contributed by atoms with Crippen molar-refractivity contribution in [3.63, 3.8) is 0 Å². The minimum atomic E-state index is -0.0980. The van der Waals surface area contributed by atoms with Crippen molar-refractivity contribution in [3.8, 4) is 0 Å². The molecule has 1 rings (SSSR count). The van der Waals surface area contributed by atoms with Gasteiger partial charge in [0.2, 0.25) is 11.8 Å². The molecule has 0 aromatic heterocycles. The number of thioether (sulfide) groups is 1. The SMILES string of the molecule is CSCC(=O)NCNC(=O)C1CCCC1Cl. The third-order valence-electron chi connectivity index (χ3n) is 2.59. The number of carbonyl (C=O) groups is 2. The lowest BCUT2D eigenvalue weighted by atomic mass is 10.1. The van der Waals surface area contributed by atoms with E-state index in [0.717, 1.165) is 19.3 Å². The summed E-state index contributed by atoms with van der Waals surface area (Å²) in [7, 11) is 0. The highest BCUT2D eigenvalue weighted by Crippen LogP contribution is 2.29. The van der Waals surface area contributed by atoms with Crippen LogP contribution >= 0.6 is 23.4 Å². The highest BCUT2D eigenvalue weighted by Gasteiger charge is 2.31. The van der Waals surface area contributed by atoms with Crippen LogP contribution in [0.4, 0.5) is 0 Å². The van der Waals surface area contributed by atoms with Crippen LogP contribution in [-0.4, -0.2) is 35.9 Å². The van der Waals surface area contributed by atoms with Crippen molar-refractivity contribution >= 4 is 35.2 Å². The predicted octanol–water partition coefficient (Wildman–Crippen LogP) is 0.947. The molecule has 0 radical (unpaired) electrons. The van der Waals surface area contributed by atoms with Gasteiger partial charge in [-0.1, -0.05) is 6.42 Å². The number of halogens is 1. The first-order chi connectivity index (χ1) is 7.65. The fourth-order valence-corrected chi connectivity index (χ4v) is 2.51. The van der Waals surface area contributed by atoms with Crippen LogP contribution in [0.5, 0.6) is 0 Å². The summed E-state index contributed by atoms with van der Waals surface area (Å²) in [5.74, 6) is 0.194. The van der Waals surface area contributed by atoms with Crippen molar-refractivity contribution in [1.82, 2.24) is 10.6 Å². The predicted molar refractivity (Wildman–Crippen MR) is 66.5 cm³/mol. The Bertz CT molecular complexity index is 263. The fraction of sp³-hybridized carbons (Fsp3) is 0.800. The fourth-order valence-electron chi connectivity index (χ4n) is 1.75. The van der Waals surface area contributed by atoms with E-state index in [0.29, 0.717) is 5.75 Å². The zero-order valence-corrected chi connectivity index (χ0v) is 10.9. The summed E-state index contributed by atoms with van der Waals surface area (Å²) in [5, 5.41) is 5.24. The monoisotopic (exact) mass is 264 g/mol. The molecule has 0 spiro atoms. The molecule has 92 valence electrons. The van der Waals surface area contributed by atoms with E-state index in [1.54, 1.807) is 0 Å². The first-order valence-electron chi connectivity index (χ1n) is 5.32. The average Bonchev–Trinajstić information content (AvgIpc) is 2.64. The van der Waals surface area contributed by atoms with Crippen LogP contribution in [0.1, 0.15) is 19.3 Å². The van der Waals surface area contributed by atoms with E-state index >= 15 is 0 Å². The molecule has 0 aromatic rings. The van der Waals surface area contributed by atoms with E-state index in [1.807, 2.05) is 6.26 Å². The Balaban J connectivity index is 2.17. The molecule has 1 fully saturated rings. The molecule has 0 aliphatic heterocycles. The zero-order valence-electron chi connectivity index (χ0n) is 9.29. The Labute approximate surface area is 105 Å². The van der Waals surface area contributed by atoms with Crippen LogP contribution in [0.2, 0.25) is 0 Å². The number of amides is 2. The maximum atomic E-state index is 11.6. The van der Waals surface area contributed by atoms with Gasteiger partial charge in [0.15, 0.2) is 0 Å². The zero-order chi connectivity index (χ0) is 12.0. The molecule has 2 amide bonds. The minimum Gasteiger partial charge on any atom is -0.338 e. The molecule has 0 bridgehead atoms. The molecule has 16 heavy (non-hydrogen) atoms. The van der Waals surface area contributed by atoms with E-state index in [1.165, 1.54) is 11.8 Å². The normalized spacial score (nSPS) is 24.1. The number of nitrogens with one attached hydrogen (secondary N) is 2. The summed E-state index contributed by atoms with van der Waals surface area (Å²) in [6, 6.07) is 0. The first-order valence-corrected chi connectivity index (χ1v) is 7.15. The van der Waals surface area contributed by atoms with Crippen LogP contribution in [-0.2, 0) is 9.59 Å². The van der Waals surface area contributed by atoms with Gasteiger partial charge in [-0.2, -0.15) is 11.8 Å². The molecule has 4 nitrogen and oxygen atoms in total. The smallest absolute Gasteiger partial charge is 0.231 e. The van der Waals surface area contributed by atoms with Crippen molar-refractivity contribution in [2.75, 3.05) is 18.7 Å². The summed E-state index contributed by atoms with van der Waals surface area (Å²) in [6.07, 6.45) is 4.61. The van der Waals surface area contributed by atoms with Crippen molar-refractivity contribution in [3.05, 3.63) is 0 Å². The van der Waals surface area contributed by atoms with Gasteiger partial charge >= 0.3 is 0 Å². The van der Waals surface area contributed by atoms with Gasteiger partial charge in [-0.25, -0.2) is 0 Å². The number of hydrogen-bond acceptors (Lipinski definition) is 3. The Morgan fingerprint density at radius 2 is 2.12 bits per heavy atom. The molecule has 2 unspecified atom stereocenters. The van der Waals surface area contributed by atoms with Crippen LogP contribution in [0.3, 0.4) is 0 Å². The minimum absolute atomic E-state index is 0.0537. The lowest BCUT2D eigenvalue weighted by molar-refractivity contribution is -0.125. The standard InChI is InChI=1S/C10H17ClN2O2S/c1-16-5-9(14)12-6-13-10(15)7-3-2-4-8(7)11/h7-8H,2-6H2,1H3,(H,12,14)(H,13,15). The molecule has 0 heterocycles. The van der Waals surface area contributed by atoms with Crippen molar-refractivity contribution in [2.24, 2.45) is 5.92 Å². The van der Waals surface area contributed by atoms with Gasteiger partial charge in [0, 0.05) is 5.38 Å². The van der Waals surface area contributed by atoms with E-state index in [-0.39, 0.29) is 29.8 Å². The Hall–Kier alpha value is -0.420. The van der Waals surface area contributed by atoms with E-state index in [4.69, 9.17) is 11.6 Å². The third kappa shape index (κ3) is 4.22. The van der Waals surface area contributed by atoms with Gasteiger partial charge in [0.05, 0.1) is 18.3 Å². The average molecular weight is 265 g/mol. The third-order valence-corrected chi connectivity index (χ3v) is 3.67. The number of carbonyl (C=O) groups excluding carboxylic acids is 2. The summed E-state index contributed by atoms with van der Waals surface area (Å²) in [5.41, 5.74) is 0. The van der Waals surface area contributed by atoms with E-state index in [2.05, 4.69) is 10.6 Å². The lowest BCUT2D eigenvalue weighted by Crippen LogP contribution is -2.41. The number of rotatable bonds is 5. The van der Waals surface area contributed by atoms with Crippen LogP contribution in [0, 0.1) is 5.92 Å². The van der Waals surface area contributed by atoms with E-state index in [9.17, 15) is 9.59 Å². The van der Waals surface area contributed by atoms with Crippen molar-refractivity contribution in [2.45, 2.75) is 24.6 Å². The lowest BCUT2D eigenvalue weighted by Gasteiger charge is -2.14. The van der Waals surface area contributed by atoms with Gasteiger partial charge in [-0.3, -0.25) is 9.59 Å². The molecule has 6 heteroatoms. The summed E-state index contributed by atoms with van der Waals surface area (Å²) in [4.78, 5) is 22.7. The molecule has 2 atom stereocenters. The molecule has 1 saturated carbocycles. The second kappa shape index (κ2) is 7.01. The number of alkyl halides is 1. The quantitative estimate of drug-likeness (QED) is 0.574. The summed E-state index contributed by atoms with van der Waals surface area (Å²) in [6.45, 7) is 0.193. The summed E-state index contributed by atoms with van der Waals surface area (Å²) < 4.78 is 0. The van der Waals surface area contributed by atoms with Crippen LogP contribution in [0.15, 0.2) is 0 Å². The molecule has 2 N–H and O–H groups in total. The molecule has 1 aliphatic carbocycles.